The molecule has 21 heavy (non-hydrogen) atoms. The fraction of sp³-hybridized carbons (Fsp3) is 0.714. The molecule has 7 heteroatoms. The molecule has 2 atom stereocenters. The van der Waals surface area contributed by atoms with Crippen LogP contribution in [-0.2, 0) is 9.59 Å². The van der Waals surface area contributed by atoms with Crippen LogP contribution in [0.2, 0.25) is 0 Å². The van der Waals surface area contributed by atoms with Gasteiger partial charge in [0.15, 0.2) is 0 Å². The van der Waals surface area contributed by atoms with Gasteiger partial charge in [0.25, 0.3) is 0 Å². The average Bonchev–Trinajstić information content (AvgIpc) is 2.84. The maximum Gasteiger partial charge on any atom is 0.352 e. The Morgan fingerprint density at radius 2 is 2.19 bits per heavy atom. The molecule has 2 aliphatic heterocycles. The summed E-state index contributed by atoms with van der Waals surface area (Å²) in [5, 5.41) is 9.26. The normalized spacial score (nSPS) is 26.8. The van der Waals surface area contributed by atoms with Crippen molar-refractivity contribution in [2.24, 2.45) is 5.73 Å². The molecule has 0 aliphatic carbocycles. The van der Waals surface area contributed by atoms with Crippen molar-refractivity contribution < 1.29 is 19.2 Å². The van der Waals surface area contributed by atoms with E-state index in [-0.39, 0.29) is 5.37 Å². The van der Waals surface area contributed by atoms with Crippen LogP contribution in [-0.4, -0.2) is 77.6 Å². The predicted molar refractivity (Wildman–Crippen MR) is 82.7 cm³/mol. The number of carbonyl (C=O) groups is 2. The van der Waals surface area contributed by atoms with Gasteiger partial charge in [0, 0.05) is 31.2 Å². The first kappa shape index (κ1) is 16.3. The molecule has 0 bridgehead atoms. The third-order valence-corrected chi connectivity index (χ3v) is 5.89. The van der Waals surface area contributed by atoms with E-state index in [1.807, 2.05) is 0 Å². The number of aldehydes is 1. The van der Waals surface area contributed by atoms with Crippen molar-refractivity contribution in [3.63, 3.8) is 0 Å². The van der Waals surface area contributed by atoms with Crippen molar-refractivity contribution in [1.82, 2.24) is 4.90 Å². The lowest BCUT2D eigenvalue weighted by Crippen LogP contribution is -2.50. The van der Waals surface area contributed by atoms with E-state index in [1.165, 1.54) is 12.8 Å². The van der Waals surface area contributed by atoms with E-state index in [0.717, 1.165) is 29.7 Å². The molecule has 2 unspecified atom stereocenters. The van der Waals surface area contributed by atoms with Crippen molar-refractivity contribution in [2.45, 2.75) is 24.3 Å². The maximum atomic E-state index is 11.7. The molecule has 1 saturated heterocycles. The Labute approximate surface area is 129 Å². The summed E-state index contributed by atoms with van der Waals surface area (Å²) in [5.74, 6) is -0.298. The number of carboxylic acids is 1. The van der Waals surface area contributed by atoms with Crippen LogP contribution in [0.4, 0.5) is 0 Å². The molecule has 2 rings (SSSR count). The molecule has 0 amide bonds. The lowest BCUT2D eigenvalue weighted by Gasteiger charge is -2.39. The number of quaternary nitrogens is 1. The van der Waals surface area contributed by atoms with Crippen LogP contribution in [0.3, 0.4) is 0 Å². The van der Waals surface area contributed by atoms with Gasteiger partial charge in [0.05, 0.1) is 31.6 Å². The second-order valence-electron chi connectivity index (χ2n) is 6.22. The number of likely N-dealkylation sites (tertiary alicyclic amines) is 1. The highest BCUT2D eigenvalue weighted by Crippen LogP contribution is 2.33. The second kappa shape index (κ2) is 6.37. The van der Waals surface area contributed by atoms with Gasteiger partial charge in [-0.2, -0.15) is 0 Å². The number of nitrogens with zero attached hydrogens (tertiary/aromatic N) is 2. The van der Waals surface area contributed by atoms with Gasteiger partial charge in [0.1, 0.15) is 18.5 Å². The Morgan fingerprint density at radius 1 is 1.57 bits per heavy atom. The number of hydrogen-bond donors (Lipinski definition) is 2. The monoisotopic (exact) mass is 314 g/mol. The molecular weight excluding hydrogens is 290 g/mol. The van der Waals surface area contributed by atoms with E-state index >= 15 is 0 Å². The highest BCUT2D eigenvalue weighted by atomic mass is 32.2. The van der Waals surface area contributed by atoms with Crippen LogP contribution < -0.4 is 5.73 Å². The van der Waals surface area contributed by atoms with Gasteiger partial charge in [0.2, 0.25) is 0 Å². The van der Waals surface area contributed by atoms with Crippen molar-refractivity contribution in [1.29, 1.82) is 0 Å². The van der Waals surface area contributed by atoms with E-state index in [0.29, 0.717) is 17.7 Å². The van der Waals surface area contributed by atoms with E-state index in [2.05, 4.69) is 7.05 Å². The van der Waals surface area contributed by atoms with Gasteiger partial charge < -0.3 is 25.0 Å². The first-order valence-electron chi connectivity index (χ1n) is 7.22. The topological polar surface area (TPSA) is 83.6 Å². The Morgan fingerprint density at radius 3 is 2.71 bits per heavy atom. The Balaban J connectivity index is 2.26. The summed E-state index contributed by atoms with van der Waals surface area (Å²) in [6.45, 7) is 2.96. The summed E-state index contributed by atoms with van der Waals surface area (Å²) in [4.78, 5) is 24.2. The van der Waals surface area contributed by atoms with Crippen LogP contribution >= 0.6 is 11.8 Å². The summed E-state index contributed by atoms with van der Waals surface area (Å²) < 4.78 is 0.908. The number of carboxylic acid groups (broad SMARTS) is 1. The molecule has 0 aromatic carbocycles. The summed E-state index contributed by atoms with van der Waals surface area (Å²) in [6.07, 6.45) is 3.09. The van der Waals surface area contributed by atoms with Gasteiger partial charge in [-0.15, -0.1) is 11.8 Å². The lowest BCUT2D eigenvalue weighted by molar-refractivity contribution is -0.893. The number of nitrogens with two attached hydrogens (primary N) is 1. The standard InChI is InChI=1S/C14H23N3O3S/c1-16-12(14(19)20)10(7-17(2)5-3-4-6-17)9-21-13(16)11(15)8-18/h8,11,13H,3-7,9,15H2,1-2H3/p+1. The van der Waals surface area contributed by atoms with Crippen LogP contribution in [0, 0.1) is 0 Å². The van der Waals surface area contributed by atoms with Crippen molar-refractivity contribution in [2.75, 3.05) is 39.5 Å². The number of rotatable bonds is 5. The first-order chi connectivity index (χ1) is 9.88. The number of thioether (sulfide) groups is 1. The third kappa shape index (κ3) is 3.41. The Hall–Kier alpha value is -1.05. The second-order valence-corrected chi connectivity index (χ2v) is 7.32. The van der Waals surface area contributed by atoms with Crippen LogP contribution in [0.15, 0.2) is 11.3 Å². The smallest absolute Gasteiger partial charge is 0.352 e. The van der Waals surface area contributed by atoms with Gasteiger partial charge in [-0.3, -0.25) is 0 Å². The van der Waals surface area contributed by atoms with Crippen LogP contribution in [0.25, 0.3) is 0 Å². The van der Waals surface area contributed by atoms with Gasteiger partial charge in [-0.1, -0.05) is 0 Å². The van der Waals surface area contributed by atoms with E-state index < -0.39 is 12.0 Å². The van der Waals surface area contributed by atoms with Gasteiger partial charge >= 0.3 is 5.97 Å². The Kier molecular flexibility index (Phi) is 4.95. The average molecular weight is 314 g/mol. The molecule has 2 aliphatic rings. The number of carbonyl (C=O) groups excluding carboxylic acids is 1. The number of hydrogen-bond acceptors (Lipinski definition) is 5. The maximum absolute atomic E-state index is 11.7. The molecule has 3 N–H and O–H groups in total. The van der Waals surface area contributed by atoms with E-state index in [9.17, 15) is 14.7 Å². The third-order valence-electron chi connectivity index (χ3n) is 4.41. The molecule has 0 spiro atoms. The molecule has 0 aromatic rings. The Bertz CT molecular complexity index is 460. The van der Waals surface area contributed by atoms with Gasteiger partial charge in [-0.25, -0.2) is 4.79 Å². The fourth-order valence-corrected chi connectivity index (χ4v) is 4.53. The lowest BCUT2D eigenvalue weighted by atomic mass is 10.1. The highest BCUT2D eigenvalue weighted by molar-refractivity contribution is 8.00. The predicted octanol–water partition coefficient (Wildman–Crippen LogP) is 0.0964. The van der Waals surface area contributed by atoms with Crippen molar-refractivity contribution in [3.05, 3.63) is 11.3 Å². The van der Waals surface area contributed by atoms with Gasteiger partial charge in [-0.05, 0) is 0 Å². The largest absolute Gasteiger partial charge is 0.477 e. The quantitative estimate of drug-likeness (QED) is 0.553. The molecule has 118 valence electrons. The molecule has 6 nitrogen and oxygen atoms in total. The summed E-state index contributed by atoms with van der Waals surface area (Å²) in [6, 6.07) is -0.674. The zero-order valence-electron chi connectivity index (χ0n) is 12.6. The van der Waals surface area contributed by atoms with Crippen molar-refractivity contribution in [3.8, 4) is 0 Å². The minimum absolute atomic E-state index is 0.304. The number of likely N-dealkylation sites (N-methyl/N-ethyl adjacent to an activating group) is 2. The van der Waals surface area contributed by atoms with E-state index in [1.54, 1.807) is 23.7 Å². The minimum atomic E-state index is -0.929. The van der Waals surface area contributed by atoms with Crippen molar-refractivity contribution >= 4 is 24.0 Å². The van der Waals surface area contributed by atoms with E-state index in [4.69, 9.17) is 5.73 Å². The molecule has 0 aromatic heterocycles. The zero-order valence-corrected chi connectivity index (χ0v) is 13.4. The fourth-order valence-electron chi connectivity index (χ4n) is 3.32. The zero-order chi connectivity index (χ0) is 15.6. The summed E-state index contributed by atoms with van der Waals surface area (Å²) in [7, 11) is 3.90. The molecular formula is C14H24N3O3S+. The molecule has 0 radical (unpaired) electrons. The number of aliphatic carboxylic acids is 1. The minimum Gasteiger partial charge on any atom is -0.477 e. The summed E-state index contributed by atoms with van der Waals surface area (Å²) in [5.41, 5.74) is 7.06. The highest BCUT2D eigenvalue weighted by Gasteiger charge is 2.37. The molecule has 0 saturated carbocycles. The van der Waals surface area contributed by atoms with Crippen LogP contribution in [0.1, 0.15) is 12.8 Å². The SMILES string of the molecule is CN1C(C(=O)O)=C(C[N+]2(C)CCCC2)CSC1C(N)C=O. The summed E-state index contributed by atoms with van der Waals surface area (Å²) >= 11 is 1.55. The first-order valence-corrected chi connectivity index (χ1v) is 8.27. The molecule has 2 heterocycles. The van der Waals surface area contributed by atoms with Crippen LogP contribution in [0.5, 0.6) is 0 Å². The molecule has 1 fully saturated rings.